The van der Waals surface area contributed by atoms with Gasteiger partial charge in [0.15, 0.2) is 0 Å². The first-order valence-electron chi connectivity index (χ1n) is 6.00. The van der Waals surface area contributed by atoms with Gasteiger partial charge in [-0.1, -0.05) is 38.5 Å². The quantitative estimate of drug-likeness (QED) is 0.619. The van der Waals surface area contributed by atoms with E-state index in [2.05, 4.69) is 5.32 Å². The van der Waals surface area contributed by atoms with E-state index in [0.717, 1.165) is 11.1 Å². The lowest BCUT2D eigenvalue weighted by molar-refractivity contribution is -0.112. The molecule has 3 nitrogen and oxygen atoms in total. The van der Waals surface area contributed by atoms with Gasteiger partial charge in [-0.15, -0.1) is 0 Å². The summed E-state index contributed by atoms with van der Waals surface area (Å²) < 4.78 is 0. The number of amides is 1. The third kappa shape index (κ3) is 3.62. The Hall–Kier alpha value is -1.77. The molecule has 0 atom stereocenters. The average molecular weight is 247 g/mol. The van der Waals surface area contributed by atoms with Gasteiger partial charge in [-0.2, -0.15) is 0 Å². The normalized spacial score (nSPS) is 10.9. The van der Waals surface area contributed by atoms with Crippen molar-refractivity contribution in [1.82, 2.24) is 0 Å². The zero-order chi connectivity index (χ0) is 13.9. The Bertz CT molecular complexity index is 478. The van der Waals surface area contributed by atoms with Gasteiger partial charge in [-0.05, 0) is 25.3 Å². The molecule has 1 rings (SSSR count). The first-order valence-corrected chi connectivity index (χ1v) is 6.00. The minimum absolute atomic E-state index is 0.139. The van der Waals surface area contributed by atoms with E-state index in [1.54, 1.807) is 6.07 Å². The number of rotatable bonds is 2. The van der Waals surface area contributed by atoms with E-state index in [1.807, 2.05) is 46.8 Å². The summed E-state index contributed by atoms with van der Waals surface area (Å²) in [7, 11) is 0. The SMILES string of the molecule is CC(C)=CC(=O)Nc1cccc(C(C)(C)C)c1O. The number of benzene rings is 1. The highest BCUT2D eigenvalue weighted by atomic mass is 16.3. The smallest absolute Gasteiger partial charge is 0.248 e. The lowest BCUT2D eigenvalue weighted by atomic mass is 9.86. The molecule has 0 aromatic heterocycles. The molecule has 0 aliphatic heterocycles. The molecule has 1 amide bonds. The Morgan fingerprint density at radius 2 is 1.89 bits per heavy atom. The monoisotopic (exact) mass is 247 g/mol. The average Bonchev–Trinajstić information content (AvgIpc) is 2.18. The highest BCUT2D eigenvalue weighted by Gasteiger charge is 2.20. The fraction of sp³-hybridized carbons (Fsp3) is 0.400. The molecule has 1 aromatic carbocycles. The van der Waals surface area contributed by atoms with Crippen LogP contribution in [0.25, 0.3) is 0 Å². The summed E-state index contributed by atoms with van der Waals surface area (Å²) in [5.74, 6) is -0.0862. The highest BCUT2D eigenvalue weighted by molar-refractivity contribution is 6.00. The van der Waals surface area contributed by atoms with Crippen molar-refractivity contribution in [2.45, 2.75) is 40.0 Å². The molecule has 0 unspecified atom stereocenters. The zero-order valence-electron chi connectivity index (χ0n) is 11.7. The Morgan fingerprint density at radius 3 is 2.39 bits per heavy atom. The van der Waals surface area contributed by atoms with Gasteiger partial charge in [-0.3, -0.25) is 4.79 Å². The number of hydrogen-bond acceptors (Lipinski definition) is 2. The Balaban J connectivity index is 3.06. The van der Waals surface area contributed by atoms with Crippen molar-refractivity contribution in [3.63, 3.8) is 0 Å². The van der Waals surface area contributed by atoms with E-state index in [-0.39, 0.29) is 17.1 Å². The van der Waals surface area contributed by atoms with Crippen molar-refractivity contribution >= 4 is 11.6 Å². The second-order valence-electron chi connectivity index (χ2n) is 5.66. The summed E-state index contributed by atoms with van der Waals surface area (Å²) in [6.07, 6.45) is 1.50. The van der Waals surface area contributed by atoms with Gasteiger partial charge in [0.05, 0.1) is 5.69 Å². The molecule has 0 fully saturated rings. The number of allylic oxidation sites excluding steroid dienone is 1. The van der Waals surface area contributed by atoms with Crippen LogP contribution in [0.1, 0.15) is 40.2 Å². The van der Waals surface area contributed by atoms with Crippen molar-refractivity contribution in [2.24, 2.45) is 0 Å². The minimum atomic E-state index is -0.226. The van der Waals surface area contributed by atoms with Crippen molar-refractivity contribution in [3.05, 3.63) is 35.4 Å². The maximum Gasteiger partial charge on any atom is 0.248 e. The van der Waals surface area contributed by atoms with Crippen LogP contribution < -0.4 is 5.32 Å². The highest BCUT2D eigenvalue weighted by Crippen LogP contribution is 2.35. The Labute approximate surface area is 109 Å². The van der Waals surface area contributed by atoms with Crippen molar-refractivity contribution in [1.29, 1.82) is 0 Å². The molecular weight excluding hydrogens is 226 g/mol. The molecule has 0 radical (unpaired) electrons. The van der Waals surface area contributed by atoms with Crippen LogP contribution in [0.5, 0.6) is 5.75 Å². The molecule has 0 bridgehead atoms. The molecule has 18 heavy (non-hydrogen) atoms. The second kappa shape index (κ2) is 5.25. The van der Waals surface area contributed by atoms with Crippen LogP contribution in [-0.4, -0.2) is 11.0 Å². The van der Waals surface area contributed by atoms with E-state index >= 15 is 0 Å². The number of nitrogens with one attached hydrogen (secondary N) is 1. The molecular formula is C15H21NO2. The summed E-state index contributed by atoms with van der Waals surface area (Å²) in [5.41, 5.74) is 2.02. The maximum atomic E-state index is 11.6. The fourth-order valence-corrected chi connectivity index (χ4v) is 1.68. The van der Waals surface area contributed by atoms with Gasteiger partial charge >= 0.3 is 0 Å². The lowest BCUT2D eigenvalue weighted by Crippen LogP contribution is -2.14. The number of anilines is 1. The van der Waals surface area contributed by atoms with E-state index in [9.17, 15) is 9.90 Å². The number of phenols is 1. The van der Waals surface area contributed by atoms with Gasteiger partial charge in [0, 0.05) is 11.6 Å². The third-order valence-electron chi connectivity index (χ3n) is 2.52. The van der Waals surface area contributed by atoms with Crippen LogP contribution in [-0.2, 0) is 10.2 Å². The third-order valence-corrected chi connectivity index (χ3v) is 2.52. The van der Waals surface area contributed by atoms with Crippen LogP contribution in [0.2, 0.25) is 0 Å². The largest absolute Gasteiger partial charge is 0.505 e. The Morgan fingerprint density at radius 1 is 1.28 bits per heavy atom. The molecule has 98 valence electrons. The molecule has 0 saturated heterocycles. The predicted octanol–water partition coefficient (Wildman–Crippen LogP) is 3.59. The molecule has 3 heteroatoms. The standard InChI is InChI=1S/C15H21NO2/c1-10(2)9-13(17)16-12-8-6-7-11(14(12)18)15(3,4)5/h6-9,18H,1-5H3,(H,16,17). The van der Waals surface area contributed by atoms with Crippen LogP contribution in [0.15, 0.2) is 29.8 Å². The molecule has 2 N–H and O–H groups in total. The number of phenolic OH excluding ortho intramolecular Hbond substituents is 1. The van der Waals surface area contributed by atoms with Gasteiger partial charge in [0.2, 0.25) is 5.91 Å². The number of hydrogen-bond donors (Lipinski definition) is 2. The van der Waals surface area contributed by atoms with Crippen molar-refractivity contribution in [3.8, 4) is 5.75 Å². The Kier molecular flexibility index (Phi) is 4.17. The van der Waals surface area contributed by atoms with Gasteiger partial charge < -0.3 is 10.4 Å². The lowest BCUT2D eigenvalue weighted by Gasteiger charge is -2.21. The molecule has 1 aromatic rings. The second-order valence-corrected chi connectivity index (χ2v) is 5.66. The molecule has 0 spiro atoms. The summed E-state index contributed by atoms with van der Waals surface area (Å²) in [5, 5.41) is 12.9. The van der Waals surface area contributed by atoms with E-state index in [0.29, 0.717) is 5.69 Å². The van der Waals surface area contributed by atoms with Crippen LogP contribution in [0.4, 0.5) is 5.69 Å². The maximum absolute atomic E-state index is 11.6. The topological polar surface area (TPSA) is 49.3 Å². The van der Waals surface area contributed by atoms with Gasteiger partial charge in [0.25, 0.3) is 0 Å². The van der Waals surface area contributed by atoms with E-state index < -0.39 is 0 Å². The van der Waals surface area contributed by atoms with Crippen molar-refractivity contribution < 1.29 is 9.90 Å². The van der Waals surface area contributed by atoms with Crippen LogP contribution in [0, 0.1) is 0 Å². The molecule has 0 aliphatic rings. The first kappa shape index (κ1) is 14.3. The van der Waals surface area contributed by atoms with Gasteiger partial charge in [-0.25, -0.2) is 0 Å². The summed E-state index contributed by atoms with van der Waals surface area (Å²) in [4.78, 5) is 11.6. The van der Waals surface area contributed by atoms with Crippen molar-refractivity contribution in [2.75, 3.05) is 5.32 Å². The summed E-state index contributed by atoms with van der Waals surface area (Å²) in [6.45, 7) is 9.76. The summed E-state index contributed by atoms with van der Waals surface area (Å²) in [6, 6.07) is 5.39. The van der Waals surface area contributed by atoms with E-state index in [4.69, 9.17) is 0 Å². The minimum Gasteiger partial charge on any atom is -0.505 e. The first-order chi connectivity index (χ1) is 8.21. The number of carbonyl (C=O) groups is 1. The number of para-hydroxylation sites is 1. The molecule has 0 aliphatic carbocycles. The van der Waals surface area contributed by atoms with Crippen LogP contribution >= 0.6 is 0 Å². The number of aromatic hydroxyl groups is 1. The predicted molar refractivity (Wildman–Crippen MR) is 74.9 cm³/mol. The molecule has 0 saturated carbocycles. The fourth-order valence-electron chi connectivity index (χ4n) is 1.68. The van der Waals surface area contributed by atoms with Crippen LogP contribution in [0.3, 0.4) is 0 Å². The summed E-state index contributed by atoms with van der Waals surface area (Å²) >= 11 is 0. The zero-order valence-corrected chi connectivity index (χ0v) is 11.7. The van der Waals surface area contributed by atoms with Gasteiger partial charge in [0.1, 0.15) is 5.75 Å². The number of carbonyl (C=O) groups excluding carboxylic acids is 1. The van der Waals surface area contributed by atoms with E-state index in [1.165, 1.54) is 6.08 Å². The molecule has 0 heterocycles.